The molecule has 0 atom stereocenters. The van der Waals surface area contributed by atoms with E-state index in [1.165, 1.54) is 19.3 Å². The third-order valence-corrected chi connectivity index (χ3v) is 4.63. The minimum absolute atomic E-state index is 0.652. The standard InChI is InChI=1S/C22H24O3/c1-5-7-8-9-14-24-20-13-11-18-17-10-12-19(23-6-2)15(3)21(17)25-22(18)16(20)4/h2,10-13H,5,7-9,14H2,1,3-4H3. The Morgan fingerprint density at radius 3 is 2.20 bits per heavy atom. The maximum atomic E-state index is 6.16. The van der Waals surface area contributed by atoms with Crippen molar-refractivity contribution in [3.05, 3.63) is 35.4 Å². The summed E-state index contributed by atoms with van der Waals surface area (Å²) < 4.78 is 17.3. The summed E-state index contributed by atoms with van der Waals surface area (Å²) in [5, 5.41) is 2.15. The molecule has 0 saturated carbocycles. The normalized spacial score (nSPS) is 11.0. The lowest BCUT2D eigenvalue weighted by Crippen LogP contribution is -1.98. The minimum Gasteiger partial charge on any atom is -0.493 e. The van der Waals surface area contributed by atoms with E-state index in [1.54, 1.807) is 0 Å². The predicted molar refractivity (Wildman–Crippen MR) is 102 cm³/mol. The monoisotopic (exact) mass is 336 g/mol. The van der Waals surface area contributed by atoms with E-state index >= 15 is 0 Å². The molecule has 1 heterocycles. The molecule has 130 valence electrons. The van der Waals surface area contributed by atoms with Gasteiger partial charge in [0.1, 0.15) is 28.8 Å². The Bertz CT molecular complexity index is 928. The lowest BCUT2D eigenvalue weighted by molar-refractivity contribution is 0.303. The van der Waals surface area contributed by atoms with Gasteiger partial charge in [0.2, 0.25) is 0 Å². The molecule has 0 radical (unpaired) electrons. The number of terminal acetylenes is 1. The van der Waals surface area contributed by atoms with Crippen molar-refractivity contribution in [3.63, 3.8) is 0 Å². The summed E-state index contributed by atoms with van der Waals surface area (Å²) in [5.41, 5.74) is 3.61. The SMILES string of the molecule is C#COc1ccc2c(oc3c(C)c(OCCCCCC)ccc32)c1C. The maximum absolute atomic E-state index is 6.16. The molecule has 2 aromatic carbocycles. The number of fused-ring (bicyclic) bond motifs is 3. The number of aryl methyl sites for hydroxylation is 2. The number of rotatable bonds is 7. The molecular formula is C22H24O3. The summed E-state index contributed by atoms with van der Waals surface area (Å²) in [7, 11) is 0. The largest absolute Gasteiger partial charge is 0.493 e. The Balaban J connectivity index is 1.94. The predicted octanol–water partition coefficient (Wildman–Crippen LogP) is 6.13. The summed E-state index contributed by atoms with van der Waals surface area (Å²) in [6, 6.07) is 7.98. The molecule has 0 N–H and O–H groups in total. The van der Waals surface area contributed by atoms with Crippen LogP contribution in [0.4, 0.5) is 0 Å². The van der Waals surface area contributed by atoms with Gasteiger partial charge in [0.05, 0.1) is 6.61 Å². The van der Waals surface area contributed by atoms with Crippen LogP contribution in [0.1, 0.15) is 43.7 Å². The molecule has 0 bridgehead atoms. The van der Waals surface area contributed by atoms with Crippen molar-refractivity contribution in [2.24, 2.45) is 0 Å². The van der Waals surface area contributed by atoms with Gasteiger partial charge in [0.25, 0.3) is 0 Å². The summed E-state index contributed by atoms with van der Waals surface area (Å²) in [5.74, 6) is 1.54. The first-order chi connectivity index (χ1) is 12.2. The van der Waals surface area contributed by atoms with E-state index < -0.39 is 0 Å². The first-order valence-corrected chi connectivity index (χ1v) is 8.88. The Kier molecular flexibility index (Phi) is 5.19. The Morgan fingerprint density at radius 1 is 0.920 bits per heavy atom. The molecule has 3 nitrogen and oxygen atoms in total. The number of hydrogen-bond donors (Lipinski definition) is 0. The molecule has 3 heteroatoms. The van der Waals surface area contributed by atoms with Gasteiger partial charge in [0.15, 0.2) is 0 Å². The number of unbranched alkanes of at least 4 members (excludes halogenated alkanes) is 3. The van der Waals surface area contributed by atoms with E-state index in [0.29, 0.717) is 5.75 Å². The van der Waals surface area contributed by atoms with Crippen molar-refractivity contribution in [2.75, 3.05) is 6.61 Å². The number of hydrogen-bond acceptors (Lipinski definition) is 3. The van der Waals surface area contributed by atoms with Crippen molar-refractivity contribution in [1.29, 1.82) is 0 Å². The van der Waals surface area contributed by atoms with Crippen LogP contribution >= 0.6 is 0 Å². The van der Waals surface area contributed by atoms with Gasteiger partial charge in [0, 0.05) is 21.9 Å². The van der Waals surface area contributed by atoms with Crippen LogP contribution in [-0.2, 0) is 0 Å². The molecule has 0 fully saturated rings. The number of furan rings is 1. The van der Waals surface area contributed by atoms with Crippen molar-refractivity contribution in [1.82, 2.24) is 0 Å². The maximum Gasteiger partial charge on any atom is 0.146 e. The fourth-order valence-electron chi connectivity index (χ4n) is 3.18. The third kappa shape index (κ3) is 3.30. The smallest absolute Gasteiger partial charge is 0.146 e. The molecule has 3 aromatic rings. The van der Waals surface area contributed by atoms with E-state index in [9.17, 15) is 0 Å². The van der Waals surface area contributed by atoms with Crippen molar-refractivity contribution >= 4 is 21.9 Å². The lowest BCUT2D eigenvalue weighted by Gasteiger charge is -2.09. The fraction of sp³-hybridized carbons (Fsp3) is 0.364. The van der Waals surface area contributed by atoms with E-state index in [-0.39, 0.29) is 0 Å². The molecule has 0 saturated heterocycles. The molecule has 25 heavy (non-hydrogen) atoms. The molecule has 3 rings (SSSR count). The van der Waals surface area contributed by atoms with Crippen LogP contribution in [0.5, 0.6) is 11.5 Å². The molecule has 0 aliphatic heterocycles. The third-order valence-electron chi connectivity index (χ3n) is 4.63. The first kappa shape index (κ1) is 17.2. The summed E-state index contributed by atoms with van der Waals surface area (Å²) >= 11 is 0. The molecule has 0 amide bonds. The van der Waals surface area contributed by atoms with E-state index in [1.807, 2.05) is 32.0 Å². The molecule has 0 spiro atoms. The van der Waals surface area contributed by atoms with Crippen LogP contribution in [-0.4, -0.2) is 6.61 Å². The number of benzene rings is 2. The van der Waals surface area contributed by atoms with Crippen molar-refractivity contribution in [2.45, 2.75) is 46.5 Å². The second-order valence-corrected chi connectivity index (χ2v) is 6.36. The Labute approximate surface area is 148 Å². The summed E-state index contributed by atoms with van der Waals surface area (Å²) in [6.07, 6.45) is 12.2. The van der Waals surface area contributed by atoms with Crippen LogP contribution in [0, 0.1) is 26.4 Å². The van der Waals surface area contributed by atoms with Gasteiger partial charge in [-0.3, -0.25) is 0 Å². The topological polar surface area (TPSA) is 31.6 Å². The highest BCUT2D eigenvalue weighted by Gasteiger charge is 2.16. The molecule has 0 aliphatic rings. The summed E-state index contributed by atoms with van der Waals surface area (Å²) in [4.78, 5) is 0. The molecule has 0 unspecified atom stereocenters. The van der Waals surface area contributed by atoms with E-state index in [2.05, 4.69) is 19.1 Å². The van der Waals surface area contributed by atoms with Crippen molar-refractivity contribution in [3.8, 4) is 24.0 Å². The van der Waals surface area contributed by atoms with Crippen LogP contribution in [0.15, 0.2) is 28.7 Å². The van der Waals surface area contributed by atoms with E-state index in [0.717, 1.165) is 51.8 Å². The van der Waals surface area contributed by atoms with Crippen LogP contribution in [0.25, 0.3) is 21.9 Å². The zero-order valence-corrected chi connectivity index (χ0v) is 15.1. The van der Waals surface area contributed by atoms with Gasteiger partial charge in [-0.2, -0.15) is 0 Å². The fourth-order valence-corrected chi connectivity index (χ4v) is 3.18. The van der Waals surface area contributed by atoms with Crippen molar-refractivity contribution < 1.29 is 13.9 Å². The Hall–Kier alpha value is -2.60. The highest BCUT2D eigenvalue weighted by molar-refractivity contribution is 6.07. The highest BCUT2D eigenvalue weighted by atomic mass is 16.5. The van der Waals surface area contributed by atoms with Gasteiger partial charge < -0.3 is 13.9 Å². The minimum atomic E-state index is 0.652. The average molecular weight is 336 g/mol. The van der Waals surface area contributed by atoms with Gasteiger partial charge in [-0.15, -0.1) is 0 Å². The van der Waals surface area contributed by atoms with Crippen LogP contribution < -0.4 is 9.47 Å². The highest BCUT2D eigenvalue weighted by Crippen LogP contribution is 2.38. The van der Waals surface area contributed by atoms with Crippen LogP contribution in [0.2, 0.25) is 0 Å². The zero-order chi connectivity index (χ0) is 17.8. The first-order valence-electron chi connectivity index (χ1n) is 8.88. The Morgan fingerprint density at radius 2 is 1.56 bits per heavy atom. The van der Waals surface area contributed by atoms with E-state index in [4.69, 9.17) is 20.3 Å². The van der Waals surface area contributed by atoms with Crippen LogP contribution in [0.3, 0.4) is 0 Å². The van der Waals surface area contributed by atoms with Gasteiger partial charge in [-0.05, 0) is 44.5 Å². The quantitative estimate of drug-likeness (QED) is 0.384. The second-order valence-electron chi connectivity index (χ2n) is 6.36. The van der Waals surface area contributed by atoms with Gasteiger partial charge in [-0.25, -0.2) is 0 Å². The number of ether oxygens (including phenoxy) is 2. The molecule has 1 aromatic heterocycles. The zero-order valence-electron chi connectivity index (χ0n) is 15.1. The van der Waals surface area contributed by atoms with Gasteiger partial charge in [-0.1, -0.05) is 32.6 Å². The van der Waals surface area contributed by atoms with Gasteiger partial charge >= 0.3 is 0 Å². The average Bonchev–Trinajstić information content (AvgIpc) is 2.99. The molecule has 0 aliphatic carbocycles. The second kappa shape index (κ2) is 7.53. The molecular weight excluding hydrogens is 312 g/mol. The summed E-state index contributed by atoms with van der Waals surface area (Å²) in [6.45, 7) is 6.95. The lowest BCUT2D eigenvalue weighted by atomic mass is 10.1.